The first kappa shape index (κ1) is 23.0. The summed E-state index contributed by atoms with van der Waals surface area (Å²) in [4.78, 5) is 12.9. The summed E-state index contributed by atoms with van der Waals surface area (Å²) < 4.78 is 53.3. The average Bonchev–Trinajstić information content (AvgIpc) is 3.23. The standard InChI is InChI=1S/C23H26O8S/c1-15-9-11-17(12-10-15)32(25,26)28-14-18(24)19-20(27-13-16-7-5-4-6-8-16)21-22(29-19)31-23(2,3)30-21/h4-12,19-22H,13-14H2,1-3H3. The first-order valence-electron chi connectivity index (χ1n) is 10.3. The Morgan fingerprint density at radius 3 is 2.41 bits per heavy atom. The lowest BCUT2D eigenvalue weighted by atomic mass is 10.1. The molecule has 0 saturated carbocycles. The van der Waals surface area contributed by atoms with Crippen LogP contribution in [0.3, 0.4) is 0 Å². The fraction of sp³-hybridized carbons (Fsp3) is 0.435. The maximum absolute atomic E-state index is 12.9. The fourth-order valence-electron chi connectivity index (χ4n) is 3.68. The van der Waals surface area contributed by atoms with Gasteiger partial charge in [0.05, 0.1) is 11.5 Å². The highest BCUT2D eigenvalue weighted by Crippen LogP contribution is 2.39. The third kappa shape index (κ3) is 5.09. The quantitative estimate of drug-likeness (QED) is 0.553. The van der Waals surface area contributed by atoms with Crippen molar-refractivity contribution >= 4 is 15.9 Å². The Morgan fingerprint density at radius 2 is 1.72 bits per heavy atom. The normalized spacial score (nSPS) is 26.7. The van der Waals surface area contributed by atoms with Crippen LogP contribution in [0, 0.1) is 6.92 Å². The van der Waals surface area contributed by atoms with Crippen molar-refractivity contribution in [3.8, 4) is 0 Å². The molecule has 0 spiro atoms. The van der Waals surface area contributed by atoms with Crippen molar-refractivity contribution in [2.75, 3.05) is 6.61 Å². The first-order chi connectivity index (χ1) is 15.1. The molecule has 0 aromatic heterocycles. The summed E-state index contributed by atoms with van der Waals surface area (Å²) in [6, 6.07) is 15.6. The highest BCUT2D eigenvalue weighted by atomic mass is 32.2. The Balaban J connectivity index is 1.45. The van der Waals surface area contributed by atoms with E-state index in [1.165, 1.54) is 12.1 Å². The van der Waals surface area contributed by atoms with E-state index < -0.39 is 52.9 Å². The lowest BCUT2D eigenvalue weighted by Gasteiger charge is -2.25. The van der Waals surface area contributed by atoms with Crippen LogP contribution in [0.4, 0.5) is 0 Å². The molecule has 0 N–H and O–H groups in total. The van der Waals surface area contributed by atoms with E-state index in [0.717, 1.165) is 11.1 Å². The third-order valence-corrected chi connectivity index (χ3v) is 6.54. The average molecular weight is 463 g/mol. The number of aryl methyl sites for hydroxylation is 1. The molecular formula is C23H26O8S. The molecule has 2 heterocycles. The van der Waals surface area contributed by atoms with Crippen LogP contribution in [0.5, 0.6) is 0 Å². The molecule has 2 fully saturated rings. The number of hydrogen-bond donors (Lipinski definition) is 0. The number of hydrogen-bond acceptors (Lipinski definition) is 8. The van der Waals surface area contributed by atoms with E-state index in [9.17, 15) is 13.2 Å². The molecule has 0 bridgehead atoms. The predicted molar refractivity (Wildman–Crippen MR) is 113 cm³/mol. The number of rotatable bonds is 8. The molecule has 9 heteroatoms. The van der Waals surface area contributed by atoms with Crippen molar-refractivity contribution < 1.29 is 36.3 Å². The van der Waals surface area contributed by atoms with Crippen LogP contribution in [0.15, 0.2) is 59.5 Å². The molecule has 0 amide bonds. The van der Waals surface area contributed by atoms with Crippen molar-refractivity contribution in [2.45, 2.75) is 62.7 Å². The summed E-state index contributed by atoms with van der Waals surface area (Å²) in [7, 11) is -4.09. The van der Waals surface area contributed by atoms with Gasteiger partial charge in [-0.25, -0.2) is 0 Å². The Kier molecular flexibility index (Phi) is 6.49. The van der Waals surface area contributed by atoms with Gasteiger partial charge >= 0.3 is 0 Å². The van der Waals surface area contributed by atoms with Crippen molar-refractivity contribution in [3.05, 3.63) is 65.7 Å². The molecule has 32 heavy (non-hydrogen) atoms. The minimum absolute atomic E-state index is 0.0228. The van der Waals surface area contributed by atoms with Crippen LogP contribution in [0.25, 0.3) is 0 Å². The smallest absolute Gasteiger partial charge is 0.297 e. The number of carbonyl (C=O) groups is 1. The van der Waals surface area contributed by atoms with Gasteiger partial charge in [0.1, 0.15) is 18.8 Å². The zero-order chi connectivity index (χ0) is 22.9. The molecule has 2 saturated heterocycles. The topological polar surface area (TPSA) is 97.4 Å². The van der Waals surface area contributed by atoms with Gasteiger partial charge in [0.2, 0.25) is 0 Å². The highest BCUT2D eigenvalue weighted by Gasteiger charge is 2.57. The molecule has 4 rings (SSSR count). The second-order valence-electron chi connectivity index (χ2n) is 8.28. The second kappa shape index (κ2) is 9.01. The molecule has 0 radical (unpaired) electrons. The van der Waals surface area contributed by atoms with Gasteiger partial charge in [0, 0.05) is 0 Å². The molecule has 2 aliphatic rings. The lowest BCUT2D eigenvalue weighted by Crippen LogP contribution is -2.42. The summed E-state index contributed by atoms with van der Waals surface area (Å²) in [5.41, 5.74) is 1.82. The number of benzene rings is 2. The number of fused-ring (bicyclic) bond motifs is 1. The zero-order valence-electron chi connectivity index (χ0n) is 18.1. The van der Waals surface area contributed by atoms with Gasteiger partial charge in [-0.15, -0.1) is 0 Å². The van der Waals surface area contributed by atoms with E-state index >= 15 is 0 Å². The van der Waals surface area contributed by atoms with Crippen LogP contribution in [0.2, 0.25) is 0 Å². The Morgan fingerprint density at radius 1 is 1.03 bits per heavy atom. The van der Waals surface area contributed by atoms with Crippen LogP contribution < -0.4 is 0 Å². The van der Waals surface area contributed by atoms with Crippen LogP contribution >= 0.6 is 0 Å². The molecule has 0 aliphatic carbocycles. The second-order valence-corrected chi connectivity index (χ2v) is 9.90. The fourth-order valence-corrected chi connectivity index (χ4v) is 4.55. The highest BCUT2D eigenvalue weighted by molar-refractivity contribution is 7.86. The summed E-state index contributed by atoms with van der Waals surface area (Å²) in [5.74, 6) is -1.46. The van der Waals surface area contributed by atoms with E-state index in [2.05, 4.69) is 0 Å². The van der Waals surface area contributed by atoms with Crippen LogP contribution in [-0.4, -0.2) is 51.2 Å². The molecular weight excluding hydrogens is 436 g/mol. The molecule has 2 aromatic rings. The van der Waals surface area contributed by atoms with E-state index in [1.54, 1.807) is 26.0 Å². The van der Waals surface area contributed by atoms with Gasteiger partial charge in [-0.1, -0.05) is 48.0 Å². The van der Waals surface area contributed by atoms with Crippen molar-refractivity contribution in [3.63, 3.8) is 0 Å². The molecule has 4 unspecified atom stereocenters. The summed E-state index contributed by atoms with van der Waals surface area (Å²) in [6.45, 7) is 4.88. The van der Waals surface area contributed by atoms with Crippen molar-refractivity contribution in [2.24, 2.45) is 0 Å². The minimum Gasteiger partial charge on any atom is -0.367 e. The molecule has 4 atom stereocenters. The Hall–Kier alpha value is -2.14. The molecule has 8 nitrogen and oxygen atoms in total. The molecule has 172 valence electrons. The summed E-state index contributed by atoms with van der Waals surface area (Å²) >= 11 is 0. The van der Waals surface area contributed by atoms with Gasteiger partial charge < -0.3 is 18.9 Å². The van der Waals surface area contributed by atoms with Gasteiger partial charge in [-0.3, -0.25) is 8.98 Å². The van der Waals surface area contributed by atoms with Crippen molar-refractivity contribution in [1.82, 2.24) is 0 Å². The lowest BCUT2D eigenvalue weighted by molar-refractivity contribution is -0.218. The zero-order valence-corrected chi connectivity index (χ0v) is 18.9. The number of Topliss-reactive ketones (excluding diaryl/α,β-unsaturated/α-hetero) is 1. The third-order valence-electron chi connectivity index (χ3n) is 5.26. The number of ether oxygens (including phenoxy) is 4. The van der Waals surface area contributed by atoms with Gasteiger partial charge in [-0.2, -0.15) is 8.42 Å². The predicted octanol–water partition coefficient (Wildman–Crippen LogP) is 2.73. The largest absolute Gasteiger partial charge is 0.367 e. The maximum atomic E-state index is 12.9. The first-order valence-corrected chi connectivity index (χ1v) is 11.7. The Bertz CT molecular complexity index is 1050. The summed E-state index contributed by atoms with van der Waals surface area (Å²) in [5, 5.41) is 0. The Labute approximate surface area is 187 Å². The number of carbonyl (C=O) groups excluding carboxylic acids is 1. The van der Waals surface area contributed by atoms with Gasteiger partial charge in [0.25, 0.3) is 10.1 Å². The number of ketones is 1. The maximum Gasteiger partial charge on any atom is 0.297 e. The van der Waals surface area contributed by atoms with Gasteiger partial charge in [-0.05, 0) is 38.5 Å². The van der Waals surface area contributed by atoms with E-state index in [4.69, 9.17) is 23.1 Å². The monoisotopic (exact) mass is 462 g/mol. The van der Waals surface area contributed by atoms with E-state index in [1.807, 2.05) is 37.3 Å². The van der Waals surface area contributed by atoms with Gasteiger partial charge in [0.15, 0.2) is 24.0 Å². The van der Waals surface area contributed by atoms with E-state index in [0.29, 0.717) is 0 Å². The molecule has 2 aliphatic heterocycles. The van der Waals surface area contributed by atoms with Crippen LogP contribution in [0.1, 0.15) is 25.0 Å². The van der Waals surface area contributed by atoms with Crippen molar-refractivity contribution in [1.29, 1.82) is 0 Å². The van der Waals surface area contributed by atoms with Crippen LogP contribution in [-0.2, 0) is 44.7 Å². The van der Waals surface area contributed by atoms with E-state index in [-0.39, 0.29) is 11.5 Å². The summed E-state index contributed by atoms with van der Waals surface area (Å²) in [6.07, 6.45) is -3.29. The molecule has 2 aromatic carbocycles. The SMILES string of the molecule is Cc1ccc(S(=O)(=O)OCC(=O)C2OC3OC(C)(C)OC3C2OCc2ccccc2)cc1. The minimum atomic E-state index is -4.09.